The van der Waals surface area contributed by atoms with E-state index in [1.165, 1.54) is 0 Å². The number of hydrogen-bond donors (Lipinski definition) is 2. The minimum atomic E-state index is 0.440. The lowest BCUT2D eigenvalue weighted by Crippen LogP contribution is -2.26. The third kappa shape index (κ3) is 0.844. The minimum Gasteiger partial charge on any atom is -0.309 e. The summed E-state index contributed by atoms with van der Waals surface area (Å²) in [6, 6.07) is 0. The first kappa shape index (κ1) is 5.68. The Morgan fingerprint density at radius 3 is 3.50 bits per heavy atom. The zero-order chi connectivity index (χ0) is 6.81. The second-order valence-electron chi connectivity index (χ2n) is 2.35. The first-order valence-electron chi connectivity index (χ1n) is 3.37. The van der Waals surface area contributed by atoms with E-state index in [0.717, 1.165) is 12.4 Å². The number of allylic oxidation sites excluding steroid dienone is 2. The second-order valence-corrected chi connectivity index (χ2v) is 2.35. The molecule has 1 atom stereocenters. The number of aliphatic imine (C=N–C) groups is 1. The number of hydrogen-bond acceptors (Lipinski definition) is 3. The molecule has 0 aromatic heterocycles. The number of amidine groups is 1. The highest BCUT2D eigenvalue weighted by atomic mass is 15.4. The van der Waals surface area contributed by atoms with Gasteiger partial charge in [-0.15, -0.1) is 0 Å². The monoisotopic (exact) mass is 135 g/mol. The first-order valence-corrected chi connectivity index (χ1v) is 3.37. The predicted molar refractivity (Wildman–Crippen MR) is 40.3 cm³/mol. The maximum absolute atomic E-state index is 4.19. The van der Waals surface area contributed by atoms with Gasteiger partial charge in [0.1, 0.15) is 5.84 Å². The van der Waals surface area contributed by atoms with Crippen LogP contribution in [0.3, 0.4) is 0 Å². The summed E-state index contributed by atoms with van der Waals surface area (Å²) in [4.78, 5) is 4.19. The summed E-state index contributed by atoms with van der Waals surface area (Å²) < 4.78 is 0. The van der Waals surface area contributed by atoms with Crippen molar-refractivity contribution in [3.63, 3.8) is 0 Å². The van der Waals surface area contributed by atoms with Gasteiger partial charge < -0.3 is 5.43 Å². The van der Waals surface area contributed by atoms with Crippen LogP contribution in [0.5, 0.6) is 0 Å². The molecule has 0 aromatic rings. The van der Waals surface area contributed by atoms with Gasteiger partial charge >= 0.3 is 0 Å². The van der Waals surface area contributed by atoms with E-state index < -0.39 is 0 Å². The molecular formula is C7H9N3. The molecule has 2 aliphatic rings. The van der Waals surface area contributed by atoms with Gasteiger partial charge in [-0.2, -0.15) is 0 Å². The standard InChI is InChI=1S/C7H9N3/c1-2-4-8-7-6(3-1)5-9-10-7/h1-4,6,9H,5H2,(H,8,10). The van der Waals surface area contributed by atoms with E-state index in [4.69, 9.17) is 0 Å². The molecule has 0 aliphatic carbocycles. The van der Waals surface area contributed by atoms with Crippen LogP contribution < -0.4 is 10.9 Å². The molecule has 10 heavy (non-hydrogen) atoms. The summed E-state index contributed by atoms with van der Waals surface area (Å²) in [5.74, 6) is 1.46. The van der Waals surface area contributed by atoms with Crippen molar-refractivity contribution in [1.82, 2.24) is 10.9 Å². The molecule has 52 valence electrons. The highest BCUT2D eigenvalue weighted by molar-refractivity contribution is 5.88. The van der Waals surface area contributed by atoms with Crippen LogP contribution in [0.25, 0.3) is 0 Å². The number of nitrogens with zero attached hydrogens (tertiary/aromatic N) is 1. The zero-order valence-corrected chi connectivity index (χ0v) is 5.54. The van der Waals surface area contributed by atoms with Gasteiger partial charge in [0.25, 0.3) is 0 Å². The van der Waals surface area contributed by atoms with E-state index >= 15 is 0 Å². The van der Waals surface area contributed by atoms with Crippen LogP contribution >= 0.6 is 0 Å². The summed E-state index contributed by atoms with van der Waals surface area (Å²) in [5, 5.41) is 0. The Bertz CT molecular complexity index is 215. The number of nitrogens with one attached hydrogen (secondary N) is 2. The third-order valence-electron chi connectivity index (χ3n) is 1.64. The summed E-state index contributed by atoms with van der Waals surface area (Å²) >= 11 is 0. The van der Waals surface area contributed by atoms with E-state index in [-0.39, 0.29) is 0 Å². The highest BCUT2D eigenvalue weighted by Gasteiger charge is 2.18. The number of hydrazine groups is 1. The van der Waals surface area contributed by atoms with E-state index in [1.54, 1.807) is 6.20 Å². The Morgan fingerprint density at radius 1 is 1.50 bits per heavy atom. The van der Waals surface area contributed by atoms with Crippen LogP contribution in [0.4, 0.5) is 0 Å². The van der Waals surface area contributed by atoms with E-state index in [1.807, 2.05) is 12.2 Å². The average Bonchev–Trinajstić information content (AvgIpc) is 2.28. The molecule has 2 rings (SSSR count). The Morgan fingerprint density at radius 2 is 2.50 bits per heavy atom. The molecular weight excluding hydrogens is 126 g/mol. The van der Waals surface area contributed by atoms with Gasteiger partial charge in [-0.3, -0.25) is 0 Å². The highest BCUT2D eigenvalue weighted by Crippen LogP contribution is 2.06. The number of fused-ring (bicyclic) bond motifs is 1. The second kappa shape index (κ2) is 2.27. The molecule has 0 amide bonds. The van der Waals surface area contributed by atoms with Gasteiger partial charge in [-0.05, 0) is 6.08 Å². The Labute approximate surface area is 59.5 Å². The van der Waals surface area contributed by atoms with Crippen LogP contribution in [0, 0.1) is 5.92 Å². The largest absolute Gasteiger partial charge is 0.309 e. The van der Waals surface area contributed by atoms with Crippen molar-refractivity contribution >= 4 is 5.84 Å². The van der Waals surface area contributed by atoms with Crippen LogP contribution in [0.15, 0.2) is 29.4 Å². The van der Waals surface area contributed by atoms with Gasteiger partial charge in [-0.1, -0.05) is 12.2 Å². The summed E-state index contributed by atoms with van der Waals surface area (Å²) in [7, 11) is 0. The quantitative estimate of drug-likeness (QED) is 0.497. The minimum absolute atomic E-state index is 0.440. The molecule has 2 N–H and O–H groups in total. The summed E-state index contributed by atoms with van der Waals surface area (Å²) in [6.45, 7) is 0.941. The van der Waals surface area contributed by atoms with Crippen molar-refractivity contribution in [2.45, 2.75) is 0 Å². The first-order chi connectivity index (χ1) is 4.97. The molecule has 0 spiro atoms. The molecule has 0 saturated carbocycles. The topological polar surface area (TPSA) is 36.4 Å². The Kier molecular flexibility index (Phi) is 1.29. The van der Waals surface area contributed by atoms with Crippen LogP contribution in [-0.4, -0.2) is 12.4 Å². The SMILES string of the molecule is C1=CN=C2NNCC2C=C1. The number of rotatable bonds is 0. The molecule has 0 radical (unpaired) electrons. The molecule has 1 saturated heterocycles. The fourth-order valence-electron chi connectivity index (χ4n) is 1.10. The molecule has 0 aromatic carbocycles. The van der Waals surface area contributed by atoms with Gasteiger partial charge in [-0.25, -0.2) is 10.4 Å². The summed E-state index contributed by atoms with van der Waals surface area (Å²) in [6.07, 6.45) is 7.89. The van der Waals surface area contributed by atoms with Gasteiger partial charge in [0.05, 0.1) is 5.92 Å². The molecule has 0 bridgehead atoms. The maximum atomic E-state index is 4.19. The smallest absolute Gasteiger partial charge is 0.124 e. The van der Waals surface area contributed by atoms with Gasteiger partial charge in [0.2, 0.25) is 0 Å². The third-order valence-corrected chi connectivity index (χ3v) is 1.64. The fourth-order valence-corrected chi connectivity index (χ4v) is 1.10. The van der Waals surface area contributed by atoms with Crippen LogP contribution in [-0.2, 0) is 0 Å². The van der Waals surface area contributed by atoms with Crippen molar-refractivity contribution in [3.8, 4) is 0 Å². The maximum Gasteiger partial charge on any atom is 0.124 e. The van der Waals surface area contributed by atoms with E-state index in [0.29, 0.717) is 5.92 Å². The molecule has 2 aliphatic heterocycles. The molecule has 1 fully saturated rings. The van der Waals surface area contributed by atoms with Crippen LogP contribution in [0.2, 0.25) is 0 Å². The lowest BCUT2D eigenvalue weighted by Gasteiger charge is -1.98. The predicted octanol–water partition coefficient (Wildman–Crippen LogP) is 0.192. The van der Waals surface area contributed by atoms with Crippen molar-refractivity contribution in [2.75, 3.05) is 6.54 Å². The zero-order valence-electron chi connectivity index (χ0n) is 5.54. The molecule has 1 unspecified atom stereocenters. The normalized spacial score (nSPS) is 28.8. The van der Waals surface area contributed by atoms with Crippen LogP contribution in [0.1, 0.15) is 0 Å². The molecule has 2 heterocycles. The fraction of sp³-hybridized carbons (Fsp3) is 0.286. The van der Waals surface area contributed by atoms with Gasteiger partial charge in [0, 0.05) is 12.7 Å². The van der Waals surface area contributed by atoms with E-state index in [9.17, 15) is 0 Å². The Balaban J connectivity index is 2.29. The lowest BCUT2D eigenvalue weighted by molar-refractivity contribution is 0.711. The lowest BCUT2D eigenvalue weighted by atomic mass is 10.1. The van der Waals surface area contributed by atoms with Crippen molar-refractivity contribution in [2.24, 2.45) is 10.9 Å². The Hall–Kier alpha value is -1.09. The van der Waals surface area contributed by atoms with E-state index in [2.05, 4.69) is 21.9 Å². The van der Waals surface area contributed by atoms with Gasteiger partial charge in [0.15, 0.2) is 0 Å². The molecule has 3 heteroatoms. The summed E-state index contributed by atoms with van der Waals surface area (Å²) in [5.41, 5.74) is 6.02. The van der Waals surface area contributed by atoms with Crippen molar-refractivity contribution in [3.05, 3.63) is 24.4 Å². The van der Waals surface area contributed by atoms with Crippen molar-refractivity contribution < 1.29 is 0 Å². The van der Waals surface area contributed by atoms with Crippen molar-refractivity contribution in [1.29, 1.82) is 0 Å². The molecule has 3 nitrogen and oxygen atoms in total. The average molecular weight is 135 g/mol.